The summed E-state index contributed by atoms with van der Waals surface area (Å²) in [6, 6.07) is 0. The van der Waals surface area contributed by atoms with Crippen molar-refractivity contribution in [1.29, 1.82) is 0 Å². The number of hydrogen-bond donors (Lipinski definition) is 1. The Labute approximate surface area is 61.6 Å². The summed E-state index contributed by atoms with van der Waals surface area (Å²) in [5.74, 6) is 0. The Kier molecular flexibility index (Phi) is 2.00. The van der Waals surface area contributed by atoms with Crippen LogP contribution < -0.4 is 5.32 Å². The third-order valence-corrected chi connectivity index (χ3v) is 1.58. The van der Waals surface area contributed by atoms with Crippen molar-refractivity contribution in [2.45, 2.75) is 0 Å². The van der Waals surface area contributed by atoms with Gasteiger partial charge in [-0.25, -0.2) is 0 Å². The molecular formula is C5H6BrN3. The standard InChI is InChI=1S/C5H6BrN3/c1-7-5-3-9-8-2-4(5)6/h2-3H,1H3,(H,7,8). The molecule has 1 heterocycles. The predicted molar refractivity (Wildman–Crippen MR) is 39.3 cm³/mol. The summed E-state index contributed by atoms with van der Waals surface area (Å²) in [6.45, 7) is 0. The fourth-order valence-corrected chi connectivity index (χ4v) is 0.882. The summed E-state index contributed by atoms with van der Waals surface area (Å²) in [6.07, 6.45) is 3.30. The molecule has 0 aliphatic rings. The van der Waals surface area contributed by atoms with Crippen molar-refractivity contribution >= 4 is 21.6 Å². The van der Waals surface area contributed by atoms with Crippen LogP contribution in [0.15, 0.2) is 16.9 Å². The second-order valence-corrected chi connectivity index (χ2v) is 2.36. The zero-order chi connectivity index (χ0) is 6.69. The smallest absolute Gasteiger partial charge is 0.0739 e. The molecule has 0 saturated carbocycles. The van der Waals surface area contributed by atoms with Gasteiger partial charge >= 0.3 is 0 Å². The molecule has 0 unspecified atom stereocenters. The zero-order valence-corrected chi connectivity index (χ0v) is 6.51. The number of anilines is 1. The number of nitrogens with zero attached hydrogens (tertiary/aromatic N) is 2. The Hall–Kier alpha value is -0.640. The Morgan fingerprint density at radius 3 is 2.56 bits per heavy atom. The number of hydrogen-bond acceptors (Lipinski definition) is 3. The summed E-state index contributed by atoms with van der Waals surface area (Å²) in [4.78, 5) is 0. The van der Waals surface area contributed by atoms with Gasteiger partial charge in [-0.15, -0.1) is 0 Å². The summed E-state index contributed by atoms with van der Waals surface area (Å²) < 4.78 is 0.931. The molecule has 0 atom stereocenters. The van der Waals surface area contributed by atoms with E-state index in [0.29, 0.717) is 0 Å². The normalized spacial score (nSPS) is 9.11. The highest BCUT2D eigenvalue weighted by Gasteiger charge is 1.93. The number of nitrogens with one attached hydrogen (secondary N) is 1. The topological polar surface area (TPSA) is 37.8 Å². The average molecular weight is 188 g/mol. The van der Waals surface area contributed by atoms with E-state index in [9.17, 15) is 0 Å². The van der Waals surface area contributed by atoms with Crippen LogP contribution in [0.25, 0.3) is 0 Å². The molecule has 0 aliphatic heterocycles. The molecule has 0 fully saturated rings. The van der Waals surface area contributed by atoms with Crippen molar-refractivity contribution in [3.05, 3.63) is 16.9 Å². The first kappa shape index (κ1) is 6.48. The van der Waals surface area contributed by atoms with E-state index in [1.165, 1.54) is 0 Å². The van der Waals surface area contributed by atoms with Gasteiger partial charge < -0.3 is 5.32 Å². The van der Waals surface area contributed by atoms with Gasteiger partial charge in [0, 0.05) is 7.05 Å². The molecule has 9 heavy (non-hydrogen) atoms. The predicted octanol–water partition coefficient (Wildman–Crippen LogP) is 1.28. The third kappa shape index (κ3) is 1.38. The lowest BCUT2D eigenvalue weighted by atomic mass is 10.5. The Morgan fingerprint density at radius 2 is 2.11 bits per heavy atom. The van der Waals surface area contributed by atoms with Crippen LogP contribution in [0, 0.1) is 0 Å². The van der Waals surface area contributed by atoms with E-state index in [1.54, 1.807) is 12.4 Å². The molecule has 4 heteroatoms. The van der Waals surface area contributed by atoms with E-state index in [2.05, 4.69) is 31.4 Å². The highest BCUT2D eigenvalue weighted by molar-refractivity contribution is 9.10. The summed E-state index contributed by atoms with van der Waals surface area (Å²) in [5.41, 5.74) is 0.949. The molecule has 0 bridgehead atoms. The van der Waals surface area contributed by atoms with Gasteiger partial charge in [0.1, 0.15) is 0 Å². The van der Waals surface area contributed by atoms with Gasteiger partial charge in [0.25, 0.3) is 0 Å². The third-order valence-electron chi connectivity index (χ3n) is 0.951. The van der Waals surface area contributed by atoms with Crippen LogP contribution in [-0.4, -0.2) is 17.2 Å². The highest BCUT2D eigenvalue weighted by atomic mass is 79.9. The van der Waals surface area contributed by atoms with Crippen LogP contribution in [0.4, 0.5) is 5.69 Å². The van der Waals surface area contributed by atoms with Crippen LogP contribution in [0.1, 0.15) is 0 Å². The van der Waals surface area contributed by atoms with Crippen LogP contribution in [0.3, 0.4) is 0 Å². The minimum absolute atomic E-state index is 0.931. The number of aromatic nitrogens is 2. The van der Waals surface area contributed by atoms with E-state index in [0.717, 1.165) is 10.2 Å². The SMILES string of the molecule is CNc1cnncc1Br. The van der Waals surface area contributed by atoms with Gasteiger partial charge in [-0.1, -0.05) is 0 Å². The van der Waals surface area contributed by atoms with Gasteiger partial charge in [0.2, 0.25) is 0 Å². The number of rotatable bonds is 1. The summed E-state index contributed by atoms with van der Waals surface area (Å²) in [7, 11) is 1.84. The van der Waals surface area contributed by atoms with Crippen LogP contribution in [0.5, 0.6) is 0 Å². The second kappa shape index (κ2) is 2.77. The molecule has 0 aromatic carbocycles. The molecule has 0 aliphatic carbocycles. The second-order valence-electron chi connectivity index (χ2n) is 1.50. The molecule has 3 nitrogen and oxygen atoms in total. The Morgan fingerprint density at radius 1 is 1.44 bits per heavy atom. The molecule has 0 saturated heterocycles. The van der Waals surface area contributed by atoms with Crippen molar-refractivity contribution < 1.29 is 0 Å². The molecule has 0 spiro atoms. The minimum Gasteiger partial charge on any atom is -0.386 e. The molecule has 1 aromatic heterocycles. The maximum Gasteiger partial charge on any atom is 0.0739 e. The van der Waals surface area contributed by atoms with Gasteiger partial charge in [-0.05, 0) is 15.9 Å². The van der Waals surface area contributed by atoms with Gasteiger partial charge in [0.05, 0.1) is 22.6 Å². The fourth-order valence-electron chi connectivity index (χ4n) is 0.490. The van der Waals surface area contributed by atoms with E-state index < -0.39 is 0 Å². The first-order chi connectivity index (χ1) is 4.34. The Balaban J connectivity index is 3.01. The highest BCUT2D eigenvalue weighted by Crippen LogP contribution is 2.17. The summed E-state index contributed by atoms with van der Waals surface area (Å²) in [5, 5.41) is 10.3. The molecule has 48 valence electrons. The van der Waals surface area contributed by atoms with E-state index in [1.807, 2.05) is 7.05 Å². The van der Waals surface area contributed by atoms with Gasteiger partial charge in [-0.3, -0.25) is 0 Å². The first-order valence-electron chi connectivity index (χ1n) is 2.48. The van der Waals surface area contributed by atoms with Crippen molar-refractivity contribution in [2.24, 2.45) is 0 Å². The Bertz CT molecular complexity index is 201. The van der Waals surface area contributed by atoms with Crippen molar-refractivity contribution in [3.8, 4) is 0 Å². The molecule has 0 radical (unpaired) electrons. The minimum atomic E-state index is 0.931. The lowest BCUT2D eigenvalue weighted by Crippen LogP contribution is -1.90. The molecule has 0 amide bonds. The lowest BCUT2D eigenvalue weighted by Gasteiger charge is -1.97. The van der Waals surface area contributed by atoms with E-state index >= 15 is 0 Å². The fraction of sp³-hybridized carbons (Fsp3) is 0.200. The van der Waals surface area contributed by atoms with E-state index in [4.69, 9.17) is 0 Å². The molecule has 1 aromatic rings. The number of halogens is 1. The van der Waals surface area contributed by atoms with Crippen LogP contribution in [0.2, 0.25) is 0 Å². The monoisotopic (exact) mass is 187 g/mol. The van der Waals surface area contributed by atoms with Crippen molar-refractivity contribution in [2.75, 3.05) is 12.4 Å². The molecule has 1 rings (SSSR count). The van der Waals surface area contributed by atoms with Gasteiger partial charge in [0.15, 0.2) is 0 Å². The van der Waals surface area contributed by atoms with Crippen molar-refractivity contribution in [3.63, 3.8) is 0 Å². The van der Waals surface area contributed by atoms with Crippen LogP contribution >= 0.6 is 15.9 Å². The quantitative estimate of drug-likeness (QED) is 0.721. The lowest BCUT2D eigenvalue weighted by molar-refractivity contribution is 1.02. The average Bonchev–Trinajstić information content (AvgIpc) is 1.89. The zero-order valence-electron chi connectivity index (χ0n) is 4.93. The van der Waals surface area contributed by atoms with E-state index in [-0.39, 0.29) is 0 Å². The maximum absolute atomic E-state index is 3.67. The summed E-state index contributed by atoms with van der Waals surface area (Å²) >= 11 is 3.29. The van der Waals surface area contributed by atoms with Crippen molar-refractivity contribution in [1.82, 2.24) is 10.2 Å². The molecular weight excluding hydrogens is 182 g/mol. The van der Waals surface area contributed by atoms with Crippen LogP contribution in [-0.2, 0) is 0 Å². The largest absolute Gasteiger partial charge is 0.386 e. The molecule has 1 N–H and O–H groups in total. The maximum atomic E-state index is 3.67. The van der Waals surface area contributed by atoms with Gasteiger partial charge in [-0.2, -0.15) is 10.2 Å². The first-order valence-corrected chi connectivity index (χ1v) is 3.28.